The minimum absolute atomic E-state index is 0.0292. The number of likely N-dealkylation sites (tertiary alicyclic amines) is 1. The molecule has 0 N–H and O–H groups in total. The van der Waals surface area contributed by atoms with Crippen LogP contribution in [0.5, 0.6) is 0 Å². The maximum absolute atomic E-state index is 13.0. The Morgan fingerprint density at radius 3 is 2.71 bits per heavy atom. The summed E-state index contributed by atoms with van der Waals surface area (Å²) in [7, 11) is 2.09. The van der Waals surface area contributed by atoms with Crippen LogP contribution in [0.4, 0.5) is 0 Å². The van der Waals surface area contributed by atoms with Crippen LogP contribution in [0.1, 0.15) is 56.6 Å². The Morgan fingerprint density at radius 1 is 1.36 bits per heavy atom. The average Bonchev–Trinajstić information content (AvgIpc) is 3.27. The lowest BCUT2D eigenvalue weighted by atomic mass is 9.89. The van der Waals surface area contributed by atoms with E-state index in [9.17, 15) is 9.59 Å². The molecule has 5 heteroatoms. The third-order valence-corrected chi connectivity index (χ3v) is 7.11. The van der Waals surface area contributed by atoms with Crippen molar-refractivity contribution in [2.24, 2.45) is 17.8 Å². The van der Waals surface area contributed by atoms with Gasteiger partial charge in [-0.05, 0) is 74.7 Å². The fourth-order valence-electron chi connectivity index (χ4n) is 5.00. The number of likely N-dealkylation sites (N-methyl/N-ethyl adjacent to an activating group) is 1. The highest BCUT2D eigenvalue weighted by atomic mass is 16.2. The number of pyridine rings is 1. The lowest BCUT2D eigenvalue weighted by Gasteiger charge is -2.43. The van der Waals surface area contributed by atoms with E-state index >= 15 is 0 Å². The summed E-state index contributed by atoms with van der Waals surface area (Å²) >= 11 is 0. The lowest BCUT2D eigenvalue weighted by Crippen LogP contribution is -2.55. The highest BCUT2D eigenvalue weighted by Gasteiger charge is 2.45. The molecule has 3 unspecified atom stereocenters. The standard InChI is InChI=1S/C23H35N3O2/c1-5-22(25(4)11-9-20-17(3)19(20)7-6-12-27)23(28)26-14-18(15-26)21-13-24-10-8-16(21)2/h8,10,12-13,17-20,22H,5-7,9,11,14-15H2,1-4H3/t17?,19?,20?,22-/m0/s1. The van der Waals surface area contributed by atoms with Gasteiger partial charge in [-0.1, -0.05) is 13.8 Å². The number of hydrogen-bond acceptors (Lipinski definition) is 4. The van der Waals surface area contributed by atoms with Crippen molar-refractivity contribution in [3.8, 4) is 0 Å². The van der Waals surface area contributed by atoms with E-state index in [0.29, 0.717) is 18.3 Å². The first-order valence-electron chi connectivity index (χ1n) is 10.8. The SMILES string of the molecule is CC[C@@H](C(=O)N1CC(c2cnccc2C)C1)N(C)CCC1C(C)C1CCC=O. The molecule has 0 radical (unpaired) electrons. The van der Waals surface area contributed by atoms with E-state index in [1.54, 1.807) is 0 Å². The molecular weight excluding hydrogens is 350 g/mol. The summed E-state index contributed by atoms with van der Waals surface area (Å²) in [6, 6.07) is 2.02. The maximum atomic E-state index is 13.0. The molecule has 0 aromatic carbocycles. The Kier molecular flexibility index (Phi) is 6.86. The van der Waals surface area contributed by atoms with Gasteiger partial charge in [0.2, 0.25) is 5.91 Å². The Hall–Kier alpha value is -1.75. The summed E-state index contributed by atoms with van der Waals surface area (Å²) in [5.74, 6) is 2.84. The molecule has 28 heavy (non-hydrogen) atoms. The van der Waals surface area contributed by atoms with Crippen molar-refractivity contribution in [3.05, 3.63) is 29.6 Å². The molecule has 1 saturated heterocycles. The van der Waals surface area contributed by atoms with E-state index < -0.39 is 0 Å². The first-order valence-corrected chi connectivity index (χ1v) is 10.8. The molecule has 154 valence electrons. The molecular formula is C23H35N3O2. The zero-order valence-corrected chi connectivity index (χ0v) is 17.8. The maximum Gasteiger partial charge on any atom is 0.239 e. The van der Waals surface area contributed by atoms with Gasteiger partial charge in [-0.25, -0.2) is 0 Å². The van der Waals surface area contributed by atoms with Crippen molar-refractivity contribution >= 4 is 12.2 Å². The summed E-state index contributed by atoms with van der Waals surface area (Å²) in [5, 5.41) is 0. The highest BCUT2D eigenvalue weighted by Crippen LogP contribution is 2.50. The van der Waals surface area contributed by atoms with Gasteiger partial charge in [0, 0.05) is 37.8 Å². The summed E-state index contributed by atoms with van der Waals surface area (Å²) in [6.07, 6.45) is 8.49. The Morgan fingerprint density at radius 2 is 2.07 bits per heavy atom. The number of amides is 1. The zero-order chi connectivity index (χ0) is 20.3. The molecule has 1 aliphatic heterocycles. The molecule has 1 saturated carbocycles. The normalized spacial score (nSPS) is 25.5. The van der Waals surface area contributed by atoms with E-state index in [1.165, 1.54) is 11.1 Å². The van der Waals surface area contributed by atoms with Gasteiger partial charge < -0.3 is 9.69 Å². The van der Waals surface area contributed by atoms with Crippen LogP contribution in [-0.4, -0.2) is 59.7 Å². The Labute approximate surface area is 169 Å². The number of carbonyl (C=O) groups excluding carboxylic acids is 2. The van der Waals surface area contributed by atoms with Crippen LogP contribution in [0, 0.1) is 24.7 Å². The van der Waals surface area contributed by atoms with Gasteiger partial charge in [-0.2, -0.15) is 0 Å². The van der Waals surface area contributed by atoms with Gasteiger partial charge in [0.1, 0.15) is 6.29 Å². The minimum atomic E-state index is -0.0292. The summed E-state index contributed by atoms with van der Waals surface area (Å²) in [6.45, 7) is 9.09. The van der Waals surface area contributed by atoms with Crippen molar-refractivity contribution in [1.82, 2.24) is 14.8 Å². The van der Waals surface area contributed by atoms with E-state index in [0.717, 1.165) is 57.0 Å². The fraction of sp³-hybridized carbons (Fsp3) is 0.696. The van der Waals surface area contributed by atoms with E-state index in [-0.39, 0.29) is 11.9 Å². The average molecular weight is 386 g/mol. The van der Waals surface area contributed by atoms with Crippen LogP contribution in [-0.2, 0) is 9.59 Å². The van der Waals surface area contributed by atoms with Crippen LogP contribution in [0.15, 0.2) is 18.5 Å². The summed E-state index contributed by atoms with van der Waals surface area (Å²) in [5.41, 5.74) is 2.54. The second-order valence-electron chi connectivity index (χ2n) is 8.80. The number of carbonyl (C=O) groups is 2. The lowest BCUT2D eigenvalue weighted by molar-refractivity contribution is -0.141. The molecule has 5 nitrogen and oxygen atoms in total. The first kappa shape index (κ1) is 21.0. The predicted molar refractivity (Wildman–Crippen MR) is 111 cm³/mol. The fourth-order valence-corrected chi connectivity index (χ4v) is 5.00. The number of aryl methyl sites for hydroxylation is 1. The Bertz CT molecular complexity index is 686. The molecule has 1 aliphatic carbocycles. The number of nitrogens with zero attached hydrogens (tertiary/aromatic N) is 3. The third kappa shape index (κ3) is 4.45. The van der Waals surface area contributed by atoms with Crippen molar-refractivity contribution in [3.63, 3.8) is 0 Å². The second-order valence-corrected chi connectivity index (χ2v) is 8.80. The van der Waals surface area contributed by atoms with Gasteiger partial charge in [0.25, 0.3) is 0 Å². The van der Waals surface area contributed by atoms with Gasteiger partial charge in [0.15, 0.2) is 0 Å². The predicted octanol–water partition coefficient (Wildman–Crippen LogP) is 3.28. The molecule has 2 fully saturated rings. The van der Waals surface area contributed by atoms with Crippen LogP contribution in [0.3, 0.4) is 0 Å². The van der Waals surface area contributed by atoms with E-state index in [1.807, 2.05) is 23.4 Å². The highest BCUT2D eigenvalue weighted by molar-refractivity contribution is 5.82. The molecule has 1 aromatic heterocycles. The number of hydrogen-bond donors (Lipinski definition) is 0. The van der Waals surface area contributed by atoms with Gasteiger partial charge in [0.05, 0.1) is 6.04 Å². The van der Waals surface area contributed by atoms with Crippen molar-refractivity contribution in [1.29, 1.82) is 0 Å². The van der Waals surface area contributed by atoms with Crippen molar-refractivity contribution < 1.29 is 9.59 Å². The molecule has 0 spiro atoms. The molecule has 2 heterocycles. The van der Waals surface area contributed by atoms with Crippen LogP contribution >= 0.6 is 0 Å². The number of aromatic nitrogens is 1. The summed E-state index contributed by atoms with van der Waals surface area (Å²) in [4.78, 5) is 32.1. The number of rotatable bonds is 10. The smallest absolute Gasteiger partial charge is 0.239 e. The van der Waals surface area contributed by atoms with Gasteiger partial charge in [-0.15, -0.1) is 0 Å². The van der Waals surface area contributed by atoms with Crippen LogP contribution in [0.2, 0.25) is 0 Å². The van der Waals surface area contributed by atoms with Gasteiger partial charge >= 0.3 is 0 Å². The van der Waals surface area contributed by atoms with Gasteiger partial charge in [-0.3, -0.25) is 14.7 Å². The van der Waals surface area contributed by atoms with E-state index in [4.69, 9.17) is 0 Å². The number of aldehydes is 1. The van der Waals surface area contributed by atoms with Crippen molar-refractivity contribution in [2.45, 2.75) is 58.4 Å². The molecule has 4 atom stereocenters. The zero-order valence-electron chi connectivity index (χ0n) is 17.8. The Balaban J connectivity index is 1.46. The molecule has 0 bridgehead atoms. The topological polar surface area (TPSA) is 53.5 Å². The minimum Gasteiger partial charge on any atom is -0.340 e. The summed E-state index contributed by atoms with van der Waals surface area (Å²) < 4.78 is 0. The van der Waals surface area contributed by atoms with Crippen molar-refractivity contribution in [2.75, 3.05) is 26.7 Å². The first-order chi connectivity index (χ1) is 13.5. The molecule has 1 aromatic rings. The second kappa shape index (κ2) is 9.17. The largest absolute Gasteiger partial charge is 0.340 e. The van der Waals surface area contributed by atoms with Crippen LogP contribution in [0.25, 0.3) is 0 Å². The quantitative estimate of drug-likeness (QED) is 0.580. The molecule has 1 amide bonds. The molecule has 2 aliphatic rings. The molecule has 3 rings (SSSR count). The monoisotopic (exact) mass is 385 g/mol. The van der Waals surface area contributed by atoms with E-state index in [2.05, 4.69) is 37.7 Å². The third-order valence-electron chi connectivity index (χ3n) is 7.11. The van der Waals surface area contributed by atoms with Crippen LogP contribution < -0.4 is 0 Å².